The summed E-state index contributed by atoms with van der Waals surface area (Å²) in [5.74, 6) is 2.07. The van der Waals surface area contributed by atoms with Crippen LogP contribution >= 0.6 is 11.8 Å². The average Bonchev–Trinajstić information content (AvgIpc) is 2.20. The summed E-state index contributed by atoms with van der Waals surface area (Å²) in [5, 5.41) is 7.12. The lowest BCUT2D eigenvalue weighted by atomic mass is 10.1. The molecule has 3 heteroatoms. The van der Waals surface area contributed by atoms with Crippen LogP contribution in [0.5, 0.6) is 0 Å². The molecule has 0 radical (unpaired) electrons. The zero-order chi connectivity index (χ0) is 10.2. The molecule has 1 saturated heterocycles. The smallest absolute Gasteiger partial charge is 0.0192 e. The first-order chi connectivity index (χ1) is 6.83. The van der Waals surface area contributed by atoms with Crippen molar-refractivity contribution in [2.24, 2.45) is 5.92 Å². The minimum atomic E-state index is 0.727. The minimum Gasteiger partial charge on any atom is -0.315 e. The van der Waals surface area contributed by atoms with E-state index in [-0.39, 0.29) is 0 Å². The highest BCUT2D eigenvalue weighted by Gasteiger charge is 2.11. The maximum Gasteiger partial charge on any atom is 0.0192 e. The molecule has 2 nitrogen and oxygen atoms in total. The van der Waals surface area contributed by atoms with Crippen LogP contribution in [-0.2, 0) is 0 Å². The summed E-state index contributed by atoms with van der Waals surface area (Å²) in [6, 6.07) is 0.727. The number of hydrogen-bond acceptors (Lipinski definition) is 3. The summed E-state index contributed by atoms with van der Waals surface area (Å²) >= 11 is 1.94. The molecule has 0 aromatic rings. The number of nitrogens with one attached hydrogen (secondary N) is 2. The van der Waals surface area contributed by atoms with E-state index in [2.05, 4.69) is 23.8 Å². The molecule has 84 valence electrons. The second-order valence-electron chi connectivity index (χ2n) is 4.37. The van der Waals surface area contributed by atoms with Gasteiger partial charge in [0.2, 0.25) is 0 Å². The van der Waals surface area contributed by atoms with Gasteiger partial charge >= 0.3 is 0 Å². The standard InChI is InChI=1S/C11H24N2S/c1-10(9-14-2)7-12-8-11-5-3-4-6-13-11/h10-13H,3-9H2,1-2H3. The van der Waals surface area contributed by atoms with Crippen LogP contribution in [0.3, 0.4) is 0 Å². The molecule has 2 atom stereocenters. The SMILES string of the molecule is CSCC(C)CNCC1CCCCN1. The summed E-state index contributed by atoms with van der Waals surface area (Å²) in [7, 11) is 0. The van der Waals surface area contributed by atoms with Gasteiger partial charge in [0, 0.05) is 12.6 Å². The first-order valence-corrected chi connectivity index (χ1v) is 7.15. The van der Waals surface area contributed by atoms with Gasteiger partial charge in [0.1, 0.15) is 0 Å². The highest BCUT2D eigenvalue weighted by Crippen LogP contribution is 2.06. The Labute approximate surface area is 92.6 Å². The molecule has 1 aliphatic rings. The molecule has 1 fully saturated rings. The van der Waals surface area contributed by atoms with Crippen LogP contribution in [0.15, 0.2) is 0 Å². The predicted molar refractivity (Wildman–Crippen MR) is 66.1 cm³/mol. The summed E-state index contributed by atoms with van der Waals surface area (Å²) in [6.07, 6.45) is 6.29. The lowest BCUT2D eigenvalue weighted by molar-refractivity contribution is 0.377. The van der Waals surface area contributed by atoms with Crippen LogP contribution in [0.4, 0.5) is 0 Å². The lowest BCUT2D eigenvalue weighted by Gasteiger charge is -2.24. The largest absolute Gasteiger partial charge is 0.315 e. The van der Waals surface area contributed by atoms with Gasteiger partial charge in [-0.1, -0.05) is 13.3 Å². The van der Waals surface area contributed by atoms with Crippen LogP contribution in [0.2, 0.25) is 0 Å². The van der Waals surface area contributed by atoms with E-state index in [9.17, 15) is 0 Å². The van der Waals surface area contributed by atoms with Crippen LogP contribution in [0, 0.1) is 5.92 Å². The number of rotatable bonds is 6. The summed E-state index contributed by atoms with van der Waals surface area (Å²) < 4.78 is 0. The van der Waals surface area contributed by atoms with Gasteiger partial charge < -0.3 is 10.6 Å². The van der Waals surface area contributed by atoms with Crippen LogP contribution in [0.1, 0.15) is 26.2 Å². The molecule has 0 bridgehead atoms. The maximum atomic E-state index is 3.56. The Kier molecular flexibility index (Phi) is 6.65. The molecule has 1 heterocycles. The topological polar surface area (TPSA) is 24.1 Å². The Morgan fingerprint density at radius 3 is 3.00 bits per heavy atom. The first-order valence-electron chi connectivity index (χ1n) is 5.76. The van der Waals surface area contributed by atoms with E-state index >= 15 is 0 Å². The van der Waals surface area contributed by atoms with Gasteiger partial charge in [0.15, 0.2) is 0 Å². The number of piperidine rings is 1. The number of hydrogen-bond donors (Lipinski definition) is 2. The summed E-state index contributed by atoms with van der Waals surface area (Å²) in [6.45, 7) is 5.85. The van der Waals surface area contributed by atoms with E-state index in [0.29, 0.717) is 0 Å². The fraction of sp³-hybridized carbons (Fsp3) is 1.00. The van der Waals surface area contributed by atoms with Gasteiger partial charge in [-0.05, 0) is 43.9 Å². The highest BCUT2D eigenvalue weighted by atomic mass is 32.2. The molecule has 0 amide bonds. The third-order valence-corrected chi connectivity index (χ3v) is 3.65. The van der Waals surface area contributed by atoms with Crippen molar-refractivity contribution in [2.75, 3.05) is 31.6 Å². The molecule has 2 unspecified atom stereocenters. The summed E-state index contributed by atoms with van der Waals surface area (Å²) in [5.41, 5.74) is 0. The zero-order valence-corrected chi connectivity index (χ0v) is 10.3. The lowest BCUT2D eigenvalue weighted by Crippen LogP contribution is -2.42. The highest BCUT2D eigenvalue weighted by molar-refractivity contribution is 7.98. The molecule has 14 heavy (non-hydrogen) atoms. The van der Waals surface area contributed by atoms with Gasteiger partial charge in [0.25, 0.3) is 0 Å². The van der Waals surface area contributed by atoms with Crippen molar-refractivity contribution >= 4 is 11.8 Å². The van der Waals surface area contributed by atoms with E-state index < -0.39 is 0 Å². The van der Waals surface area contributed by atoms with Crippen molar-refractivity contribution < 1.29 is 0 Å². The average molecular weight is 216 g/mol. The Hall–Kier alpha value is 0.270. The fourth-order valence-corrected chi connectivity index (χ4v) is 2.63. The van der Waals surface area contributed by atoms with Crippen molar-refractivity contribution in [3.05, 3.63) is 0 Å². The van der Waals surface area contributed by atoms with Crippen molar-refractivity contribution in [1.29, 1.82) is 0 Å². The van der Waals surface area contributed by atoms with Crippen LogP contribution < -0.4 is 10.6 Å². The molecule has 2 N–H and O–H groups in total. The second-order valence-corrected chi connectivity index (χ2v) is 5.28. The molecule has 0 spiro atoms. The minimum absolute atomic E-state index is 0.727. The Balaban J connectivity index is 1.96. The van der Waals surface area contributed by atoms with Crippen LogP contribution in [0.25, 0.3) is 0 Å². The molecule has 1 aliphatic heterocycles. The second kappa shape index (κ2) is 7.55. The Morgan fingerprint density at radius 1 is 1.50 bits per heavy atom. The summed E-state index contributed by atoms with van der Waals surface area (Å²) in [4.78, 5) is 0. The van der Waals surface area contributed by atoms with Crippen molar-refractivity contribution in [1.82, 2.24) is 10.6 Å². The van der Waals surface area contributed by atoms with E-state index in [0.717, 1.165) is 18.5 Å². The Morgan fingerprint density at radius 2 is 2.36 bits per heavy atom. The van der Waals surface area contributed by atoms with E-state index in [1.165, 1.54) is 38.1 Å². The normalized spacial score (nSPS) is 24.9. The van der Waals surface area contributed by atoms with E-state index in [1.807, 2.05) is 11.8 Å². The third kappa shape index (κ3) is 5.23. The maximum absolute atomic E-state index is 3.56. The molecule has 0 saturated carbocycles. The van der Waals surface area contributed by atoms with Gasteiger partial charge in [-0.25, -0.2) is 0 Å². The molecular weight excluding hydrogens is 192 g/mol. The molecule has 0 aromatic heterocycles. The Bertz CT molecular complexity index is 135. The van der Waals surface area contributed by atoms with Crippen molar-refractivity contribution in [3.8, 4) is 0 Å². The van der Waals surface area contributed by atoms with Gasteiger partial charge in [0.05, 0.1) is 0 Å². The predicted octanol–water partition coefficient (Wildman–Crippen LogP) is 1.72. The molecule has 1 rings (SSSR count). The van der Waals surface area contributed by atoms with Gasteiger partial charge in [-0.15, -0.1) is 0 Å². The fourth-order valence-electron chi connectivity index (χ4n) is 1.95. The quantitative estimate of drug-likeness (QED) is 0.707. The molecular formula is C11H24N2S. The molecule has 0 aromatic carbocycles. The zero-order valence-electron chi connectivity index (χ0n) is 9.51. The van der Waals surface area contributed by atoms with Crippen molar-refractivity contribution in [2.45, 2.75) is 32.2 Å². The van der Waals surface area contributed by atoms with Crippen LogP contribution in [-0.4, -0.2) is 37.7 Å². The first kappa shape index (κ1) is 12.3. The monoisotopic (exact) mass is 216 g/mol. The van der Waals surface area contributed by atoms with E-state index in [1.54, 1.807) is 0 Å². The van der Waals surface area contributed by atoms with E-state index in [4.69, 9.17) is 0 Å². The number of thioether (sulfide) groups is 1. The molecule has 0 aliphatic carbocycles. The third-order valence-electron chi connectivity index (χ3n) is 2.75. The van der Waals surface area contributed by atoms with Gasteiger partial charge in [-0.3, -0.25) is 0 Å². The van der Waals surface area contributed by atoms with Crippen molar-refractivity contribution in [3.63, 3.8) is 0 Å². The van der Waals surface area contributed by atoms with Gasteiger partial charge in [-0.2, -0.15) is 11.8 Å².